The van der Waals surface area contributed by atoms with Crippen molar-refractivity contribution in [2.75, 3.05) is 18.0 Å². The van der Waals surface area contributed by atoms with Crippen molar-refractivity contribution in [1.82, 2.24) is 10.3 Å². The highest BCUT2D eigenvalue weighted by Gasteiger charge is 2.45. The first-order valence-electron chi connectivity index (χ1n) is 13.8. The minimum Gasteiger partial charge on any atom is -0.481 e. The van der Waals surface area contributed by atoms with E-state index in [0.717, 1.165) is 86.4 Å². The van der Waals surface area contributed by atoms with Crippen molar-refractivity contribution in [2.45, 2.75) is 90.0 Å². The molecule has 4 fully saturated rings. The van der Waals surface area contributed by atoms with Crippen LogP contribution in [0.5, 0.6) is 0 Å². The number of unbranched alkanes of at least 4 members (excludes halogenated alkanes) is 1. The molecule has 1 saturated heterocycles. The minimum atomic E-state index is -0.726. The van der Waals surface area contributed by atoms with Crippen LogP contribution in [-0.4, -0.2) is 41.1 Å². The molecule has 0 spiro atoms. The Kier molecular flexibility index (Phi) is 7.12. The lowest BCUT2D eigenvalue weighted by Gasteiger charge is -2.34. The quantitative estimate of drug-likeness (QED) is 0.558. The lowest BCUT2D eigenvalue weighted by atomic mass is 9.77. The second-order valence-electron chi connectivity index (χ2n) is 11.6. The molecular formula is C28H41N3O3. The van der Waals surface area contributed by atoms with E-state index < -0.39 is 5.97 Å². The van der Waals surface area contributed by atoms with Gasteiger partial charge in [0, 0.05) is 25.6 Å². The molecule has 3 bridgehead atoms. The number of carboxylic acid groups (broad SMARTS) is 1. The SMILES string of the molecule is CCCCc1nc(N2CCCC(CC(=O)O)C2)ccc1C(=O)NC1CCC2CC3CC2CC1C3. The zero-order valence-electron chi connectivity index (χ0n) is 20.7. The molecule has 3 saturated carbocycles. The van der Waals surface area contributed by atoms with Crippen molar-refractivity contribution in [3.05, 3.63) is 23.4 Å². The van der Waals surface area contributed by atoms with Gasteiger partial charge in [-0.05, 0) is 106 Å². The highest BCUT2D eigenvalue weighted by atomic mass is 16.4. The summed E-state index contributed by atoms with van der Waals surface area (Å²) in [6, 6.07) is 4.26. The van der Waals surface area contributed by atoms with Gasteiger partial charge < -0.3 is 15.3 Å². The van der Waals surface area contributed by atoms with Crippen molar-refractivity contribution in [3.63, 3.8) is 0 Å². The smallest absolute Gasteiger partial charge is 0.303 e. The molecule has 0 aromatic carbocycles. The Bertz CT molecular complexity index is 903. The van der Waals surface area contributed by atoms with E-state index in [1.165, 1.54) is 32.1 Å². The number of carboxylic acids is 1. The van der Waals surface area contributed by atoms with Gasteiger partial charge in [-0.2, -0.15) is 0 Å². The number of nitrogens with one attached hydrogen (secondary N) is 1. The zero-order valence-corrected chi connectivity index (χ0v) is 20.7. The van der Waals surface area contributed by atoms with Gasteiger partial charge >= 0.3 is 5.97 Å². The number of aromatic nitrogens is 1. The monoisotopic (exact) mass is 467 g/mol. The molecule has 3 aliphatic carbocycles. The maximum Gasteiger partial charge on any atom is 0.303 e. The second kappa shape index (κ2) is 10.2. The first-order chi connectivity index (χ1) is 16.5. The highest BCUT2D eigenvalue weighted by molar-refractivity contribution is 5.95. The number of nitrogens with zero attached hydrogens (tertiary/aromatic N) is 2. The van der Waals surface area contributed by atoms with Gasteiger partial charge in [0.2, 0.25) is 0 Å². The molecule has 2 heterocycles. The fourth-order valence-electron chi connectivity index (χ4n) is 7.57. The summed E-state index contributed by atoms with van der Waals surface area (Å²) in [7, 11) is 0. The molecule has 1 aliphatic heterocycles. The largest absolute Gasteiger partial charge is 0.481 e. The summed E-state index contributed by atoms with van der Waals surface area (Å²) >= 11 is 0. The fourth-order valence-corrected chi connectivity index (χ4v) is 7.57. The molecule has 6 unspecified atom stereocenters. The van der Waals surface area contributed by atoms with Crippen LogP contribution in [-0.2, 0) is 11.2 Å². The number of rotatable bonds is 8. The number of hydrogen-bond donors (Lipinski definition) is 2. The van der Waals surface area contributed by atoms with Gasteiger partial charge in [0.05, 0.1) is 11.3 Å². The van der Waals surface area contributed by atoms with E-state index >= 15 is 0 Å². The number of aryl methyl sites for hydroxylation is 1. The standard InChI is InChI=1S/C28H41N3O3/c1-2-3-6-25-23(8-10-26(29-25)31-11-4-5-18(17-31)15-27(32)33)28(34)30-24-9-7-20-12-19-13-21(20)16-22(24)14-19/h8,10,18-22,24H,2-7,9,11-17H2,1H3,(H,30,34)(H,32,33). The van der Waals surface area contributed by atoms with Crippen molar-refractivity contribution in [2.24, 2.45) is 29.6 Å². The lowest BCUT2D eigenvalue weighted by Crippen LogP contribution is -2.42. The van der Waals surface area contributed by atoms with E-state index in [1.54, 1.807) is 0 Å². The van der Waals surface area contributed by atoms with Crippen LogP contribution in [0.15, 0.2) is 12.1 Å². The number of hydrogen-bond acceptors (Lipinski definition) is 4. The molecule has 1 amide bonds. The lowest BCUT2D eigenvalue weighted by molar-refractivity contribution is -0.138. The maximum atomic E-state index is 13.5. The topological polar surface area (TPSA) is 82.5 Å². The molecule has 6 nitrogen and oxygen atoms in total. The van der Waals surface area contributed by atoms with Crippen LogP contribution in [0.4, 0.5) is 5.82 Å². The summed E-state index contributed by atoms with van der Waals surface area (Å²) in [5.74, 6) is 3.72. The van der Waals surface area contributed by atoms with E-state index in [2.05, 4.69) is 17.1 Å². The van der Waals surface area contributed by atoms with Crippen LogP contribution in [0.25, 0.3) is 0 Å². The van der Waals surface area contributed by atoms with Crippen LogP contribution in [0.2, 0.25) is 0 Å². The van der Waals surface area contributed by atoms with Crippen LogP contribution < -0.4 is 10.2 Å². The Balaban J connectivity index is 1.30. The Morgan fingerprint density at radius 1 is 1.09 bits per heavy atom. The average Bonchev–Trinajstić information content (AvgIpc) is 3.05. The van der Waals surface area contributed by atoms with Crippen molar-refractivity contribution in [1.29, 1.82) is 0 Å². The summed E-state index contributed by atoms with van der Waals surface area (Å²) in [5.41, 5.74) is 1.63. The molecule has 5 rings (SSSR count). The molecule has 6 atom stereocenters. The molecule has 2 N–H and O–H groups in total. The number of aliphatic carboxylic acids is 1. The Hall–Kier alpha value is -2.11. The van der Waals surface area contributed by atoms with Gasteiger partial charge in [-0.3, -0.25) is 9.59 Å². The van der Waals surface area contributed by atoms with E-state index in [9.17, 15) is 14.7 Å². The van der Waals surface area contributed by atoms with E-state index in [0.29, 0.717) is 12.0 Å². The van der Waals surface area contributed by atoms with Gasteiger partial charge in [-0.15, -0.1) is 0 Å². The summed E-state index contributed by atoms with van der Waals surface area (Å²) in [6.07, 6.45) is 12.9. The first-order valence-corrected chi connectivity index (χ1v) is 13.8. The van der Waals surface area contributed by atoms with Crippen LogP contribution in [0.1, 0.15) is 93.6 Å². The van der Waals surface area contributed by atoms with Gasteiger partial charge in [0.25, 0.3) is 5.91 Å². The van der Waals surface area contributed by atoms with Crippen molar-refractivity contribution >= 4 is 17.7 Å². The van der Waals surface area contributed by atoms with Crippen LogP contribution >= 0.6 is 0 Å². The Morgan fingerprint density at radius 3 is 2.74 bits per heavy atom. The maximum absolute atomic E-state index is 13.5. The third kappa shape index (κ3) is 5.11. The normalized spacial score (nSPS) is 32.4. The Labute approximate surface area is 203 Å². The Morgan fingerprint density at radius 2 is 1.91 bits per heavy atom. The summed E-state index contributed by atoms with van der Waals surface area (Å²) in [6.45, 7) is 3.79. The molecule has 6 heteroatoms. The number of carbonyl (C=O) groups is 2. The van der Waals surface area contributed by atoms with Gasteiger partial charge in [-0.1, -0.05) is 13.3 Å². The third-order valence-electron chi connectivity index (χ3n) is 9.19. The number of piperidine rings is 1. The number of amides is 1. The van der Waals surface area contributed by atoms with Crippen molar-refractivity contribution < 1.29 is 14.7 Å². The summed E-state index contributed by atoms with van der Waals surface area (Å²) in [4.78, 5) is 31.9. The van der Waals surface area contributed by atoms with E-state index in [4.69, 9.17) is 4.98 Å². The number of anilines is 1. The van der Waals surface area contributed by atoms with Gasteiger partial charge in [-0.25, -0.2) is 4.98 Å². The molecule has 1 aromatic heterocycles. The summed E-state index contributed by atoms with van der Waals surface area (Å²) in [5, 5.41) is 12.7. The zero-order chi connectivity index (χ0) is 23.7. The number of fused-ring (bicyclic) bond motifs is 2. The first kappa shape index (κ1) is 23.6. The molecule has 4 aliphatic rings. The van der Waals surface area contributed by atoms with E-state index in [-0.39, 0.29) is 18.2 Å². The van der Waals surface area contributed by atoms with Crippen LogP contribution in [0.3, 0.4) is 0 Å². The predicted molar refractivity (Wildman–Crippen MR) is 133 cm³/mol. The third-order valence-corrected chi connectivity index (χ3v) is 9.19. The average molecular weight is 468 g/mol. The predicted octanol–water partition coefficient (Wildman–Crippen LogP) is 5.06. The van der Waals surface area contributed by atoms with Crippen molar-refractivity contribution in [3.8, 4) is 0 Å². The second-order valence-corrected chi connectivity index (χ2v) is 11.6. The fraction of sp³-hybridized carbons (Fsp3) is 0.750. The summed E-state index contributed by atoms with van der Waals surface area (Å²) < 4.78 is 0. The molecular weight excluding hydrogens is 426 g/mol. The number of carbonyl (C=O) groups excluding carboxylic acids is 1. The molecule has 34 heavy (non-hydrogen) atoms. The van der Waals surface area contributed by atoms with Gasteiger partial charge in [0.1, 0.15) is 5.82 Å². The minimum absolute atomic E-state index is 0.0512. The molecule has 186 valence electrons. The van der Waals surface area contributed by atoms with Crippen LogP contribution in [0, 0.1) is 29.6 Å². The molecule has 0 radical (unpaired) electrons. The number of pyridine rings is 1. The highest BCUT2D eigenvalue weighted by Crippen LogP contribution is 2.53. The molecule has 1 aromatic rings. The van der Waals surface area contributed by atoms with E-state index in [1.807, 2.05) is 12.1 Å². The van der Waals surface area contributed by atoms with Gasteiger partial charge in [0.15, 0.2) is 0 Å².